The number of rotatable bonds is 6. The van der Waals surface area contributed by atoms with Gasteiger partial charge in [0.2, 0.25) is 0 Å². The summed E-state index contributed by atoms with van der Waals surface area (Å²) in [6, 6.07) is 15.8. The summed E-state index contributed by atoms with van der Waals surface area (Å²) in [5.41, 5.74) is 2.10. The lowest BCUT2D eigenvalue weighted by Crippen LogP contribution is -2.14. The highest BCUT2D eigenvalue weighted by molar-refractivity contribution is 7.68. The van der Waals surface area contributed by atoms with E-state index in [0.717, 1.165) is 27.3 Å². The van der Waals surface area contributed by atoms with Gasteiger partial charge in [0.25, 0.3) is 0 Å². The third kappa shape index (κ3) is 4.25. The van der Waals surface area contributed by atoms with E-state index < -0.39 is 13.5 Å². The van der Waals surface area contributed by atoms with E-state index in [0.29, 0.717) is 10.3 Å². The van der Waals surface area contributed by atoms with Gasteiger partial charge in [-0.25, -0.2) is 4.79 Å². The molecule has 140 valence electrons. The lowest BCUT2D eigenvalue weighted by Gasteiger charge is -2.18. The second-order valence-corrected chi connectivity index (χ2v) is 9.54. The van der Waals surface area contributed by atoms with Crippen LogP contribution in [0, 0.1) is 6.92 Å². The normalized spacial score (nSPS) is 13.1. The molecule has 0 amide bonds. The minimum Gasteiger partial charge on any atom is -0.477 e. The van der Waals surface area contributed by atoms with Gasteiger partial charge in [0.1, 0.15) is 4.88 Å². The van der Waals surface area contributed by atoms with Gasteiger partial charge in [-0.1, -0.05) is 41.4 Å². The van der Waals surface area contributed by atoms with Crippen molar-refractivity contribution in [3.8, 4) is 10.4 Å². The first-order valence-corrected chi connectivity index (χ1v) is 10.8. The Bertz CT molecular complexity index is 1020. The van der Waals surface area contributed by atoms with Gasteiger partial charge in [-0.3, -0.25) is 4.57 Å². The molecule has 0 bridgehead atoms. The van der Waals surface area contributed by atoms with E-state index in [-0.39, 0.29) is 10.6 Å². The molecule has 0 aliphatic carbocycles. The number of benzene rings is 2. The molecule has 0 spiro atoms. The maximum absolute atomic E-state index is 13.3. The van der Waals surface area contributed by atoms with Crippen LogP contribution in [0.4, 0.5) is 5.69 Å². The van der Waals surface area contributed by atoms with E-state index in [4.69, 9.17) is 16.1 Å². The monoisotopic (exact) mass is 421 g/mol. The molecule has 5 nitrogen and oxygen atoms in total. The van der Waals surface area contributed by atoms with Gasteiger partial charge in [0.15, 0.2) is 0 Å². The van der Waals surface area contributed by atoms with Gasteiger partial charge in [-0.05, 0) is 42.8 Å². The number of carboxylic acids is 1. The van der Waals surface area contributed by atoms with Crippen LogP contribution in [0.2, 0.25) is 5.02 Å². The number of carbonyl (C=O) groups is 1. The van der Waals surface area contributed by atoms with Crippen LogP contribution in [0.1, 0.15) is 15.2 Å². The number of anilines is 1. The van der Waals surface area contributed by atoms with Crippen molar-refractivity contribution in [2.45, 2.75) is 6.92 Å². The Morgan fingerprint density at radius 3 is 2.33 bits per heavy atom. The highest BCUT2D eigenvalue weighted by Crippen LogP contribution is 2.48. The third-order valence-corrected chi connectivity index (χ3v) is 7.41. The van der Waals surface area contributed by atoms with Crippen molar-refractivity contribution in [1.29, 1.82) is 0 Å². The van der Waals surface area contributed by atoms with Gasteiger partial charge in [-0.15, -0.1) is 11.3 Å². The predicted molar refractivity (Wildman–Crippen MR) is 111 cm³/mol. The molecule has 0 saturated carbocycles. The van der Waals surface area contributed by atoms with Crippen LogP contribution < -0.4 is 10.4 Å². The van der Waals surface area contributed by atoms with Crippen molar-refractivity contribution in [3.63, 3.8) is 0 Å². The zero-order valence-corrected chi connectivity index (χ0v) is 17.1. The topological polar surface area (TPSA) is 75.6 Å². The number of thiophene rings is 1. The van der Waals surface area contributed by atoms with Crippen LogP contribution in [-0.2, 0) is 9.09 Å². The molecular formula is C19H17ClNO4PS. The lowest BCUT2D eigenvalue weighted by molar-refractivity contribution is 0.0703. The minimum absolute atomic E-state index is 0.0596. The van der Waals surface area contributed by atoms with Gasteiger partial charge in [0, 0.05) is 17.0 Å². The Kier molecular flexibility index (Phi) is 5.72. The molecule has 8 heteroatoms. The van der Waals surface area contributed by atoms with Crippen molar-refractivity contribution in [3.05, 3.63) is 70.1 Å². The molecule has 0 aliphatic heterocycles. The summed E-state index contributed by atoms with van der Waals surface area (Å²) in [6.45, 7) is 1.93. The van der Waals surface area contributed by atoms with Gasteiger partial charge in [0.05, 0.1) is 11.0 Å². The van der Waals surface area contributed by atoms with E-state index >= 15 is 0 Å². The van der Waals surface area contributed by atoms with Crippen LogP contribution in [0.15, 0.2) is 54.6 Å². The molecule has 27 heavy (non-hydrogen) atoms. The Morgan fingerprint density at radius 1 is 1.15 bits per heavy atom. The van der Waals surface area contributed by atoms with Crippen LogP contribution in [-0.4, -0.2) is 18.2 Å². The van der Waals surface area contributed by atoms with Crippen molar-refractivity contribution >= 4 is 47.4 Å². The van der Waals surface area contributed by atoms with Crippen LogP contribution >= 0.6 is 30.5 Å². The third-order valence-electron chi connectivity index (χ3n) is 3.95. The van der Waals surface area contributed by atoms with Gasteiger partial charge < -0.3 is 14.7 Å². The zero-order chi connectivity index (χ0) is 19.6. The lowest BCUT2D eigenvalue weighted by atomic mass is 10.2. The van der Waals surface area contributed by atoms with E-state index in [1.54, 1.807) is 42.5 Å². The fourth-order valence-corrected chi connectivity index (χ4v) is 5.13. The van der Waals surface area contributed by atoms with Crippen molar-refractivity contribution < 1.29 is 19.0 Å². The van der Waals surface area contributed by atoms with Crippen LogP contribution in [0.25, 0.3) is 10.4 Å². The van der Waals surface area contributed by atoms with E-state index in [9.17, 15) is 14.5 Å². The molecule has 0 fully saturated rings. The summed E-state index contributed by atoms with van der Waals surface area (Å²) in [6.07, 6.45) is 0. The van der Waals surface area contributed by atoms with Crippen LogP contribution in [0.5, 0.6) is 0 Å². The van der Waals surface area contributed by atoms with Gasteiger partial charge in [-0.2, -0.15) is 0 Å². The highest BCUT2D eigenvalue weighted by Gasteiger charge is 2.28. The molecule has 2 aromatic carbocycles. The van der Waals surface area contributed by atoms with E-state index in [1.165, 1.54) is 7.11 Å². The van der Waals surface area contributed by atoms with E-state index in [2.05, 4.69) is 5.09 Å². The van der Waals surface area contributed by atoms with Crippen LogP contribution in [0.3, 0.4) is 0 Å². The average molecular weight is 422 g/mol. The van der Waals surface area contributed by atoms with Gasteiger partial charge >= 0.3 is 13.5 Å². The molecule has 1 aromatic heterocycles. The maximum Gasteiger partial charge on any atom is 0.348 e. The molecule has 0 saturated heterocycles. The number of halogens is 1. The average Bonchev–Trinajstić information content (AvgIpc) is 3.06. The number of hydrogen-bond acceptors (Lipinski definition) is 4. The standard InChI is InChI=1S/C19H17ClNO4PS/c1-12-3-9-15(10-4-12)26(24,25-2)21-16-11-17(27-18(16)19(22)23)13-5-7-14(20)8-6-13/h3-11H,1-2H3,(H,21,24)(H,22,23). The first kappa shape index (κ1) is 19.6. The molecule has 1 atom stereocenters. The summed E-state index contributed by atoms with van der Waals surface area (Å²) in [4.78, 5) is 12.5. The molecule has 3 rings (SSSR count). The summed E-state index contributed by atoms with van der Waals surface area (Å²) < 4.78 is 18.6. The molecule has 2 N–H and O–H groups in total. The first-order chi connectivity index (χ1) is 12.8. The Hall–Kier alpha value is -2.11. The second kappa shape index (κ2) is 7.87. The minimum atomic E-state index is -3.47. The largest absolute Gasteiger partial charge is 0.477 e. The molecule has 3 aromatic rings. The number of nitrogens with one attached hydrogen (secondary N) is 1. The summed E-state index contributed by atoms with van der Waals surface area (Å²) in [5.74, 6) is -1.10. The SMILES string of the molecule is COP(=O)(Nc1cc(-c2ccc(Cl)cc2)sc1C(=O)O)c1ccc(C)cc1. The fraction of sp³-hybridized carbons (Fsp3) is 0.105. The summed E-state index contributed by atoms with van der Waals surface area (Å²) in [7, 11) is -2.14. The first-order valence-electron chi connectivity index (χ1n) is 7.97. The Balaban J connectivity index is 2.02. The fourth-order valence-electron chi connectivity index (χ4n) is 2.50. The number of aryl methyl sites for hydroxylation is 1. The molecule has 0 aliphatic rings. The Morgan fingerprint density at radius 2 is 1.78 bits per heavy atom. The number of aromatic carboxylic acids is 1. The molecule has 1 heterocycles. The highest BCUT2D eigenvalue weighted by atomic mass is 35.5. The molecule has 1 unspecified atom stereocenters. The van der Waals surface area contributed by atoms with Crippen molar-refractivity contribution in [2.24, 2.45) is 0 Å². The van der Waals surface area contributed by atoms with Crippen molar-refractivity contribution in [2.75, 3.05) is 12.2 Å². The quantitative estimate of drug-likeness (QED) is 0.503. The van der Waals surface area contributed by atoms with Crippen molar-refractivity contribution in [1.82, 2.24) is 0 Å². The summed E-state index contributed by atoms with van der Waals surface area (Å²) in [5, 5.41) is 13.5. The number of hydrogen-bond donors (Lipinski definition) is 2. The zero-order valence-electron chi connectivity index (χ0n) is 14.6. The smallest absolute Gasteiger partial charge is 0.348 e. The maximum atomic E-state index is 13.3. The second-order valence-electron chi connectivity index (χ2n) is 5.85. The van der Waals surface area contributed by atoms with E-state index in [1.807, 2.05) is 19.1 Å². The molecular weight excluding hydrogens is 405 g/mol. The molecule has 0 radical (unpaired) electrons. The number of carboxylic acid groups (broad SMARTS) is 1. The predicted octanol–water partition coefficient (Wildman–Crippen LogP) is 5.65. The summed E-state index contributed by atoms with van der Waals surface area (Å²) >= 11 is 7.01. The Labute approximate surface area is 166 Å².